The van der Waals surface area contributed by atoms with Gasteiger partial charge in [-0.05, 0) is 48.9 Å². The molecule has 3 saturated heterocycles. The molecule has 1 aromatic rings. The highest BCUT2D eigenvalue weighted by Crippen LogP contribution is 2.43. The Morgan fingerprint density at radius 1 is 1.29 bits per heavy atom. The van der Waals surface area contributed by atoms with Gasteiger partial charge in [0.25, 0.3) is 0 Å². The summed E-state index contributed by atoms with van der Waals surface area (Å²) in [6.07, 6.45) is 1.11. The lowest BCUT2D eigenvalue weighted by Crippen LogP contribution is -2.54. The monoisotopic (exact) mass is 387 g/mol. The molecule has 3 aliphatic rings. The number of nitrogens with two attached hydrogens (primary N) is 1. The highest BCUT2D eigenvalue weighted by atomic mass is 16.5. The topological polar surface area (TPSA) is 94.7 Å². The smallest absolute Gasteiger partial charge is 0.241 e. The lowest BCUT2D eigenvalue weighted by molar-refractivity contribution is -0.130. The minimum Gasteiger partial charge on any atom is -0.494 e. The molecule has 3 heterocycles. The third-order valence-corrected chi connectivity index (χ3v) is 5.91. The summed E-state index contributed by atoms with van der Waals surface area (Å²) in [6.45, 7) is 9.95. The fourth-order valence-electron chi connectivity index (χ4n) is 4.59. The highest BCUT2D eigenvalue weighted by Gasteiger charge is 2.46. The molecule has 2 bridgehead atoms. The van der Waals surface area contributed by atoms with Gasteiger partial charge in [0.2, 0.25) is 5.91 Å². The number of hydrogen-bond donors (Lipinski definition) is 3. The van der Waals surface area contributed by atoms with E-state index in [2.05, 4.69) is 36.2 Å². The molecule has 154 valence electrons. The van der Waals surface area contributed by atoms with E-state index in [9.17, 15) is 4.79 Å². The third kappa shape index (κ3) is 4.41. The van der Waals surface area contributed by atoms with Gasteiger partial charge in [-0.3, -0.25) is 10.2 Å². The Balaban J connectivity index is 1.77. The first kappa shape index (κ1) is 20.5. The predicted octanol–water partition coefficient (Wildman–Crippen LogP) is 1.67. The van der Waals surface area contributed by atoms with Crippen molar-refractivity contribution in [3.8, 4) is 5.75 Å². The SMILES string of the molecule is CCOc1ccc(N2C[C@H]3CN(C(=O)CNC(=N)CN)C[C@@H]2C(C)(C)C3)cc1. The number of amidine groups is 1. The van der Waals surface area contributed by atoms with Gasteiger partial charge < -0.3 is 25.6 Å². The van der Waals surface area contributed by atoms with Gasteiger partial charge in [-0.25, -0.2) is 0 Å². The normalized spacial score (nSPS) is 23.3. The molecule has 4 N–H and O–H groups in total. The Morgan fingerprint density at radius 2 is 2.00 bits per heavy atom. The Bertz CT molecular complexity index is 703. The van der Waals surface area contributed by atoms with Crippen LogP contribution >= 0.6 is 0 Å². The standard InChI is InChI=1S/C21H33N5O2/c1-4-28-17-7-5-16(6-8-17)26-13-15-9-21(2,3)18(26)14-25(12-15)20(27)11-24-19(23)10-22/h5-8,15,18H,4,9-14,22H2,1-3H3,(H2,23,24)/t15-,18-/m1/s1. The largest absolute Gasteiger partial charge is 0.494 e. The van der Waals surface area contributed by atoms with Crippen LogP contribution < -0.4 is 20.7 Å². The number of anilines is 1. The van der Waals surface area contributed by atoms with Crippen LogP contribution in [0, 0.1) is 16.7 Å². The van der Waals surface area contributed by atoms with Gasteiger partial charge in [-0.2, -0.15) is 0 Å². The van der Waals surface area contributed by atoms with Crippen molar-refractivity contribution >= 4 is 17.4 Å². The molecule has 0 radical (unpaired) electrons. The molecular formula is C21H33N5O2. The second-order valence-corrected chi connectivity index (χ2v) is 8.49. The van der Waals surface area contributed by atoms with E-state index in [1.54, 1.807) is 0 Å². The summed E-state index contributed by atoms with van der Waals surface area (Å²) in [5.74, 6) is 1.55. The summed E-state index contributed by atoms with van der Waals surface area (Å²) in [6, 6.07) is 8.55. The summed E-state index contributed by atoms with van der Waals surface area (Å²) in [5.41, 5.74) is 6.74. The van der Waals surface area contributed by atoms with Crippen LogP contribution in [-0.4, -0.2) is 62.0 Å². The van der Waals surface area contributed by atoms with Crippen molar-refractivity contribution < 1.29 is 9.53 Å². The summed E-state index contributed by atoms with van der Waals surface area (Å²) in [5, 5.41) is 10.4. The van der Waals surface area contributed by atoms with Crippen molar-refractivity contribution in [1.29, 1.82) is 5.41 Å². The molecule has 0 spiro atoms. The summed E-state index contributed by atoms with van der Waals surface area (Å²) in [7, 11) is 0. The molecule has 4 rings (SSSR count). The van der Waals surface area contributed by atoms with Gasteiger partial charge in [-0.1, -0.05) is 13.8 Å². The molecule has 0 aromatic heterocycles. The van der Waals surface area contributed by atoms with Crippen molar-refractivity contribution in [2.45, 2.75) is 33.2 Å². The summed E-state index contributed by atoms with van der Waals surface area (Å²) in [4.78, 5) is 17.2. The average Bonchev–Trinajstić information content (AvgIpc) is 2.93. The molecule has 0 aliphatic carbocycles. The lowest BCUT2D eigenvalue weighted by atomic mass is 9.73. The van der Waals surface area contributed by atoms with E-state index in [0.29, 0.717) is 19.1 Å². The van der Waals surface area contributed by atoms with Crippen molar-refractivity contribution in [1.82, 2.24) is 10.2 Å². The molecule has 3 fully saturated rings. The number of fused-ring (bicyclic) bond motifs is 4. The maximum atomic E-state index is 12.8. The molecular weight excluding hydrogens is 354 g/mol. The van der Waals surface area contributed by atoms with E-state index in [1.807, 2.05) is 24.0 Å². The van der Waals surface area contributed by atoms with Crippen LogP contribution in [0.3, 0.4) is 0 Å². The lowest BCUT2D eigenvalue weighted by Gasteiger charge is -2.48. The van der Waals surface area contributed by atoms with Gasteiger partial charge in [0.1, 0.15) is 11.6 Å². The Morgan fingerprint density at radius 3 is 2.64 bits per heavy atom. The van der Waals surface area contributed by atoms with E-state index < -0.39 is 0 Å². The van der Waals surface area contributed by atoms with Gasteiger partial charge in [0.15, 0.2) is 0 Å². The number of ether oxygens (including phenoxy) is 1. The predicted molar refractivity (Wildman–Crippen MR) is 112 cm³/mol. The van der Waals surface area contributed by atoms with Gasteiger partial charge >= 0.3 is 0 Å². The molecule has 3 aliphatic heterocycles. The van der Waals surface area contributed by atoms with Crippen molar-refractivity contribution in [2.24, 2.45) is 17.1 Å². The van der Waals surface area contributed by atoms with Crippen LogP contribution in [-0.2, 0) is 4.79 Å². The molecule has 1 aromatic carbocycles. The molecule has 7 nitrogen and oxygen atoms in total. The number of nitrogens with one attached hydrogen (secondary N) is 2. The zero-order valence-electron chi connectivity index (χ0n) is 17.2. The zero-order chi connectivity index (χ0) is 20.3. The first-order chi connectivity index (χ1) is 13.3. The number of carbonyl (C=O) groups excluding carboxylic acids is 1. The van der Waals surface area contributed by atoms with Crippen LogP contribution in [0.5, 0.6) is 5.75 Å². The fourth-order valence-corrected chi connectivity index (χ4v) is 4.59. The Hall–Kier alpha value is -2.28. The van der Waals surface area contributed by atoms with Crippen molar-refractivity contribution in [2.75, 3.05) is 44.2 Å². The van der Waals surface area contributed by atoms with Crippen molar-refractivity contribution in [3.05, 3.63) is 24.3 Å². The number of hydrogen-bond acceptors (Lipinski definition) is 5. The second-order valence-electron chi connectivity index (χ2n) is 8.49. The quantitative estimate of drug-likeness (QED) is 0.510. The number of nitrogens with zero attached hydrogens (tertiary/aromatic N) is 2. The maximum absolute atomic E-state index is 12.8. The van der Waals surface area contributed by atoms with Crippen LogP contribution in [0.15, 0.2) is 24.3 Å². The number of amides is 1. The Kier molecular flexibility index (Phi) is 6.13. The number of piperidine rings is 1. The van der Waals surface area contributed by atoms with Crippen LogP contribution in [0.1, 0.15) is 27.2 Å². The number of carbonyl (C=O) groups is 1. The van der Waals surface area contributed by atoms with Crippen LogP contribution in [0.25, 0.3) is 0 Å². The van der Waals surface area contributed by atoms with E-state index >= 15 is 0 Å². The molecule has 28 heavy (non-hydrogen) atoms. The van der Waals surface area contributed by atoms with E-state index in [1.165, 1.54) is 5.69 Å². The minimum atomic E-state index is 0.0412. The molecule has 7 heteroatoms. The second kappa shape index (κ2) is 8.39. The van der Waals surface area contributed by atoms with Crippen LogP contribution in [0.2, 0.25) is 0 Å². The number of benzene rings is 1. The minimum absolute atomic E-state index is 0.0412. The number of rotatable bonds is 6. The summed E-state index contributed by atoms with van der Waals surface area (Å²) < 4.78 is 5.58. The van der Waals surface area contributed by atoms with Crippen molar-refractivity contribution in [3.63, 3.8) is 0 Å². The molecule has 2 atom stereocenters. The van der Waals surface area contributed by atoms with E-state index in [4.69, 9.17) is 15.9 Å². The zero-order valence-corrected chi connectivity index (χ0v) is 17.2. The summed E-state index contributed by atoms with van der Waals surface area (Å²) >= 11 is 0. The molecule has 0 saturated carbocycles. The molecule has 1 amide bonds. The van der Waals surface area contributed by atoms with Gasteiger partial charge in [-0.15, -0.1) is 0 Å². The fraction of sp³-hybridized carbons (Fsp3) is 0.619. The van der Waals surface area contributed by atoms with Gasteiger partial charge in [0, 0.05) is 25.3 Å². The Labute approximate surface area is 167 Å². The van der Waals surface area contributed by atoms with E-state index in [-0.39, 0.29) is 36.3 Å². The molecule has 0 unspecified atom stereocenters. The average molecular weight is 388 g/mol. The van der Waals surface area contributed by atoms with Gasteiger partial charge in [0.05, 0.1) is 25.7 Å². The van der Waals surface area contributed by atoms with E-state index in [0.717, 1.165) is 25.3 Å². The first-order valence-electron chi connectivity index (χ1n) is 10.1. The van der Waals surface area contributed by atoms with Crippen LogP contribution in [0.4, 0.5) is 5.69 Å². The highest BCUT2D eigenvalue weighted by molar-refractivity contribution is 5.87. The third-order valence-electron chi connectivity index (χ3n) is 5.91. The maximum Gasteiger partial charge on any atom is 0.241 e. The first-order valence-corrected chi connectivity index (χ1v) is 10.1.